The van der Waals surface area contributed by atoms with Gasteiger partial charge in [-0.3, -0.25) is 14.9 Å². The van der Waals surface area contributed by atoms with E-state index < -0.39 is 0 Å². The van der Waals surface area contributed by atoms with E-state index in [-0.39, 0.29) is 6.04 Å². The number of benzene rings is 2. The van der Waals surface area contributed by atoms with Gasteiger partial charge in [-0.25, -0.2) is 0 Å². The lowest BCUT2D eigenvalue weighted by atomic mass is 10.0. The van der Waals surface area contributed by atoms with Crippen LogP contribution in [0.2, 0.25) is 0 Å². The minimum atomic E-state index is 0.249. The van der Waals surface area contributed by atoms with Gasteiger partial charge in [0.1, 0.15) is 0 Å². The zero-order chi connectivity index (χ0) is 18.5. The van der Waals surface area contributed by atoms with Crippen LogP contribution >= 0.6 is 0 Å². The highest BCUT2D eigenvalue weighted by Crippen LogP contribution is 2.27. The summed E-state index contributed by atoms with van der Waals surface area (Å²) in [5, 5.41) is 2.55. The molecule has 0 unspecified atom stereocenters. The van der Waals surface area contributed by atoms with Gasteiger partial charge in [0, 0.05) is 31.5 Å². The van der Waals surface area contributed by atoms with Crippen LogP contribution < -0.4 is 0 Å². The van der Waals surface area contributed by atoms with E-state index in [1.165, 1.54) is 16.3 Å². The van der Waals surface area contributed by atoms with Crippen LogP contribution in [0.1, 0.15) is 29.9 Å². The highest BCUT2D eigenvalue weighted by molar-refractivity contribution is 5.83. The molecule has 134 valence electrons. The number of nitrogens with zero attached hydrogens (tertiary/aromatic N) is 3. The fraction of sp³-hybridized carbons (Fsp3) is 0.167. The van der Waals surface area contributed by atoms with Crippen LogP contribution in [0, 0.1) is 0 Å². The van der Waals surface area contributed by atoms with E-state index in [1.807, 2.05) is 36.7 Å². The quantitative estimate of drug-likeness (QED) is 0.465. The first-order chi connectivity index (χ1) is 13.3. The summed E-state index contributed by atoms with van der Waals surface area (Å²) in [7, 11) is 0. The van der Waals surface area contributed by atoms with Crippen molar-refractivity contribution < 1.29 is 0 Å². The first-order valence-corrected chi connectivity index (χ1v) is 9.32. The average Bonchev–Trinajstić information content (AvgIpc) is 2.74. The lowest BCUT2D eigenvalue weighted by molar-refractivity contribution is 0.187. The predicted octanol–water partition coefficient (Wildman–Crippen LogP) is 5.39. The zero-order valence-electron chi connectivity index (χ0n) is 15.5. The molecule has 0 bridgehead atoms. The largest absolute Gasteiger partial charge is 0.285 e. The molecule has 0 aliphatic rings. The number of aromatic nitrogens is 2. The molecule has 3 heteroatoms. The van der Waals surface area contributed by atoms with Crippen LogP contribution in [0.4, 0.5) is 0 Å². The minimum Gasteiger partial charge on any atom is -0.285 e. The number of rotatable bonds is 6. The van der Waals surface area contributed by atoms with Gasteiger partial charge in [-0.05, 0) is 53.6 Å². The minimum absolute atomic E-state index is 0.249. The van der Waals surface area contributed by atoms with Gasteiger partial charge in [-0.1, -0.05) is 48.5 Å². The van der Waals surface area contributed by atoms with Gasteiger partial charge in [0.25, 0.3) is 0 Å². The van der Waals surface area contributed by atoms with E-state index in [0.29, 0.717) is 0 Å². The Kier molecular flexibility index (Phi) is 5.22. The molecule has 0 aliphatic carbocycles. The molecule has 0 saturated heterocycles. The topological polar surface area (TPSA) is 29.0 Å². The van der Waals surface area contributed by atoms with Crippen molar-refractivity contribution >= 4 is 10.8 Å². The molecule has 0 aliphatic heterocycles. The van der Waals surface area contributed by atoms with Crippen molar-refractivity contribution in [3.05, 3.63) is 108 Å². The van der Waals surface area contributed by atoms with Crippen molar-refractivity contribution in [2.75, 3.05) is 0 Å². The molecule has 0 N–H and O–H groups in total. The molecule has 2 aromatic heterocycles. The fourth-order valence-electron chi connectivity index (χ4n) is 3.41. The van der Waals surface area contributed by atoms with Crippen LogP contribution in [0.5, 0.6) is 0 Å². The second-order valence-electron chi connectivity index (χ2n) is 6.83. The van der Waals surface area contributed by atoms with Crippen molar-refractivity contribution in [1.29, 1.82) is 0 Å². The third-order valence-corrected chi connectivity index (χ3v) is 4.99. The molecule has 4 rings (SSSR count). The van der Waals surface area contributed by atoms with Crippen molar-refractivity contribution in [3.8, 4) is 0 Å². The summed E-state index contributed by atoms with van der Waals surface area (Å²) < 4.78 is 0. The molecule has 0 fully saturated rings. The summed E-state index contributed by atoms with van der Waals surface area (Å²) in [6.45, 7) is 3.83. The van der Waals surface area contributed by atoms with Gasteiger partial charge in [-0.15, -0.1) is 0 Å². The van der Waals surface area contributed by atoms with Gasteiger partial charge >= 0.3 is 0 Å². The molecule has 0 amide bonds. The molecular weight excluding hydrogens is 330 g/mol. The Bertz CT molecular complexity index is 958. The van der Waals surface area contributed by atoms with E-state index in [1.54, 1.807) is 0 Å². The Morgan fingerprint density at radius 2 is 1.30 bits per heavy atom. The summed E-state index contributed by atoms with van der Waals surface area (Å²) in [5.74, 6) is 0. The number of fused-ring (bicyclic) bond motifs is 1. The molecule has 2 heterocycles. The third kappa shape index (κ3) is 4.21. The third-order valence-electron chi connectivity index (χ3n) is 4.99. The standard InChI is InChI=1S/C24H23N3/c1-19(21-13-12-20-8-2-3-9-22(20)16-21)27(17-23-10-4-6-14-25-23)18-24-11-5-7-15-26-24/h2-16,19H,17-18H2,1H3/t19-/m0/s1. The molecule has 0 saturated carbocycles. The van der Waals surface area contributed by atoms with Crippen LogP contribution in [0.3, 0.4) is 0 Å². The second-order valence-corrected chi connectivity index (χ2v) is 6.83. The summed E-state index contributed by atoms with van der Waals surface area (Å²) >= 11 is 0. The zero-order valence-corrected chi connectivity index (χ0v) is 15.5. The summed E-state index contributed by atoms with van der Waals surface area (Å²) in [4.78, 5) is 11.5. The first-order valence-electron chi connectivity index (χ1n) is 9.32. The lowest BCUT2D eigenvalue weighted by Gasteiger charge is -2.29. The molecule has 0 spiro atoms. The maximum absolute atomic E-state index is 4.52. The van der Waals surface area contributed by atoms with E-state index in [0.717, 1.165) is 24.5 Å². The highest BCUT2D eigenvalue weighted by Gasteiger charge is 2.18. The maximum atomic E-state index is 4.52. The van der Waals surface area contributed by atoms with Gasteiger partial charge in [0.15, 0.2) is 0 Å². The van der Waals surface area contributed by atoms with Crippen molar-refractivity contribution in [3.63, 3.8) is 0 Å². The highest BCUT2D eigenvalue weighted by atomic mass is 15.2. The van der Waals surface area contributed by atoms with E-state index >= 15 is 0 Å². The van der Waals surface area contributed by atoms with Gasteiger partial charge in [0.2, 0.25) is 0 Å². The van der Waals surface area contributed by atoms with E-state index in [4.69, 9.17) is 0 Å². The molecule has 1 atom stereocenters. The van der Waals surface area contributed by atoms with E-state index in [9.17, 15) is 0 Å². The molecular formula is C24H23N3. The summed E-state index contributed by atoms with van der Waals surface area (Å²) in [6.07, 6.45) is 3.71. The van der Waals surface area contributed by atoms with Crippen molar-refractivity contribution in [1.82, 2.24) is 14.9 Å². The van der Waals surface area contributed by atoms with Crippen molar-refractivity contribution in [2.24, 2.45) is 0 Å². The van der Waals surface area contributed by atoms with Gasteiger partial charge < -0.3 is 0 Å². The monoisotopic (exact) mass is 353 g/mol. The van der Waals surface area contributed by atoms with Crippen molar-refractivity contribution in [2.45, 2.75) is 26.1 Å². The maximum Gasteiger partial charge on any atom is 0.0544 e. The van der Waals surface area contributed by atoms with Crippen LogP contribution in [0.15, 0.2) is 91.3 Å². The number of hydrogen-bond acceptors (Lipinski definition) is 3. The summed E-state index contributed by atoms with van der Waals surface area (Å²) in [6, 6.07) is 27.7. The van der Waals surface area contributed by atoms with Gasteiger partial charge in [-0.2, -0.15) is 0 Å². The molecule has 3 nitrogen and oxygen atoms in total. The Labute approximate surface area is 160 Å². The van der Waals surface area contributed by atoms with Gasteiger partial charge in [0.05, 0.1) is 11.4 Å². The van der Waals surface area contributed by atoms with Crippen LogP contribution in [-0.4, -0.2) is 14.9 Å². The Hall–Kier alpha value is -3.04. The normalized spacial score (nSPS) is 12.4. The SMILES string of the molecule is C[C@@H](c1ccc2ccccc2c1)N(Cc1ccccn1)Cc1ccccn1. The molecule has 0 radical (unpaired) electrons. The Morgan fingerprint density at radius 3 is 1.89 bits per heavy atom. The Morgan fingerprint density at radius 1 is 0.704 bits per heavy atom. The number of hydrogen-bond donors (Lipinski definition) is 0. The summed E-state index contributed by atoms with van der Waals surface area (Å²) in [5.41, 5.74) is 3.45. The first kappa shape index (κ1) is 17.4. The Balaban J connectivity index is 1.64. The smallest absolute Gasteiger partial charge is 0.0544 e. The fourth-order valence-corrected chi connectivity index (χ4v) is 3.41. The average molecular weight is 353 g/mol. The second kappa shape index (κ2) is 8.11. The predicted molar refractivity (Wildman–Crippen MR) is 110 cm³/mol. The number of pyridine rings is 2. The van der Waals surface area contributed by atoms with Crippen LogP contribution in [0.25, 0.3) is 10.8 Å². The lowest BCUT2D eigenvalue weighted by Crippen LogP contribution is -2.27. The van der Waals surface area contributed by atoms with E-state index in [2.05, 4.69) is 76.4 Å². The molecule has 4 aromatic rings. The molecule has 2 aromatic carbocycles. The molecule has 27 heavy (non-hydrogen) atoms. The van der Waals surface area contributed by atoms with Crippen LogP contribution in [-0.2, 0) is 13.1 Å².